The summed E-state index contributed by atoms with van der Waals surface area (Å²) >= 11 is 0. The third-order valence-electron chi connectivity index (χ3n) is 1.00. The molecule has 0 saturated heterocycles. The first-order valence-electron chi connectivity index (χ1n) is 2.64. The molecule has 1 rings (SSSR count). The molecule has 0 aliphatic rings. The predicted octanol–water partition coefficient (Wildman–Crippen LogP) is 0.156. The van der Waals surface area contributed by atoms with E-state index in [0.717, 1.165) is 0 Å². The minimum atomic E-state index is -0.0506. The van der Waals surface area contributed by atoms with Gasteiger partial charge in [-0.05, 0) is 12.1 Å². The Balaban J connectivity index is 2.94. The third-order valence-corrected chi connectivity index (χ3v) is 1.00. The van der Waals surface area contributed by atoms with Gasteiger partial charge in [0.15, 0.2) is 0 Å². The summed E-state index contributed by atoms with van der Waals surface area (Å²) in [6, 6.07) is 3.32. The van der Waals surface area contributed by atoms with Gasteiger partial charge in [0.1, 0.15) is 0 Å². The highest BCUT2D eigenvalue weighted by molar-refractivity contribution is 5.36. The van der Waals surface area contributed by atoms with E-state index >= 15 is 0 Å². The number of aromatic nitrogens is 1. The molecule has 0 spiro atoms. The molecule has 0 atom stereocenters. The van der Waals surface area contributed by atoms with Gasteiger partial charge in [0.25, 0.3) is 0 Å². The second-order valence-electron chi connectivity index (χ2n) is 1.74. The van der Waals surface area contributed by atoms with Crippen LogP contribution in [-0.2, 0) is 6.61 Å². The van der Waals surface area contributed by atoms with Crippen LogP contribution in [0.15, 0.2) is 18.3 Å². The number of rotatable bonds is 1. The zero-order valence-corrected chi connectivity index (χ0v) is 4.91. The van der Waals surface area contributed by atoms with Crippen LogP contribution in [0.3, 0.4) is 0 Å². The molecule has 0 bridgehead atoms. The van der Waals surface area contributed by atoms with Gasteiger partial charge < -0.3 is 10.8 Å². The van der Waals surface area contributed by atoms with Crippen LogP contribution in [0, 0.1) is 0 Å². The Morgan fingerprint density at radius 3 is 2.89 bits per heavy atom. The Hall–Kier alpha value is -1.09. The van der Waals surface area contributed by atoms with Crippen LogP contribution in [0.1, 0.15) is 5.69 Å². The quantitative estimate of drug-likeness (QED) is 0.560. The van der Waals surface area contributed by atoms with Gasteiger partial charge in [0.05, 0.1) is 12.3 Å². The molecule has 0 amide bonds. The van der Waals surface area contributed by atoms with Crippen molar-refractivity contribution in [1.29, 1.82) is 0 Å². The number of aliphatic hydroxyl groups is 1. The SMILES string of the molecule is Nc1ccnc(CO)c1. The van der Waals surface area contributed by atoms with Gasteiger partial charge in [-0.1, -0.05) is 0 Å². The van der Waals surface area contributed by atoms with Crippen LogP contribution in [0.25, 0.3) is 0 Å². The fourth-order valence-corrected chi connectivity index (χ4v) is 0.583. The highest BCUT2D eigenvalue weighted by Gasteiger charge is 1.88. The number of nitrogens with two attached hydrogens (primary N) is 1. The fourth-order valence-electron chi connectivity index (χ4n) is 0.583. The van der Waals surface area contributed by atoms with E-state index in [2.05, 4.69) is 4.98 Å². The van der Waals surface area contributed by atoms with E-state index < -0.39 is 0 Å². The molecule has 3 N–H and O–H groups in total. The van der Waals surface area contributed by atoms with Crippen LogP contribution in [0.2, 0.25) is 0 Å². The summed E-state index contributed by atoms with van der Waals surface area (Å²) in [5.74, 6) is 0. The van der Waals surface area contributed by atoms with E-state index in [-0.39, 0.29) is 6.61 Å². The van der Waals surface area contributed by atoms with Crippen molar-refractivity contribution in [2.75, 3.05) is 5.73 Å². The molecule has 0 radical (unpaired) electrons. The topological polar surface area (TPSA) is 59.1 Å². The van der Waals surface area contributed by atoms with Crippen LogP contribution >= 0.6 is 0 Å². The second-order valence-corrected chi connectivity index (χ2v) is 1.74. The number of anilines is 1. The van der Waals surface area contributed by atoms with Crippen molar-refractivity contribution in [2.45, 2.75) is 6.61 Å². The Kier molecular flexibility index (Phi) is 1.65. The molecule has 0 aliphatic carbocycles. The van der Waals surface area contributed by atoms with Gasteiger partial charge in [-0.2, -0.15) is 0 Å². The van der Waals surface area contributed by atoms with Gasteiger partial charge in [0, 0.05) is 11.9 Å². The minimum absolute atomic E-state index is 0.0506. The van der Waals surface area contributed by atoms with E-state index in [4.69, 9.17) is 10.8 Å². The Bertz CT molecular complexity index is 200. The lowest BCUT2D eigenvalue weighted by Crippen LogP contribution is -1.91. The van der Waals surface area contributed by atoms with Crippen LogP contribution in [-0.4, -0.2) is 10.1 Å². The van der Waals surface area contributed by atoms with E-state index in [1.54, 1.807) is 18.3 Å². The molecule has 3 nitrogen and oxygen atoms in total. The van der Waals surface area contributed by atoms with E-state index in [9.17, 15) is 0 Å². The molecule has 3 heteroatoms. The Labute approximate surface area is 53.2 Å². The van der Waals surface area contributed by atoms with Crippen molar-refractivity contribution in [2.24, 2.45) is 0 Å². The number of aliphatic hydroxyl groups excluding tert-OH is 1. The highest BCUT2D eigenvalue weighted by atomic mass is 16.3. The molecule has 0 saturated carbocycles. The smallest absolute Gasteiger partial charge is 0.0853 e. The van der Waals surface area contributed by atoms with Crippen molar-refractivity contribution in [3.05, 3.63) is 24.0 Å². The largest absolute Gasteiger partial charge is 0.399 e. The molecule has 0 aromatic carbocycles. The Morgan fingerprint density at radius 2 is 2.44 bits per heavy atom. The standard InChI is InChI=1S/C6H8N2O/c7-5-1-2-8-6(3-5)4-9/h1-3,9H,4H2,(H2,7,8). The highest BCUT2D eigenvalue weighted by Crippen LogP contribution is 2.01. The molecule has 1 aromatic rings. The van der Waals surface area contributed by atoms with Gasteiger partial charge in [0.2, 0.25) is 0 Å². The number of hydrogen-bond donors (Lipinski definition) is 2. The van der Waals surface area contributed by atoms with Crippen LogP contribution < -0.4 is 5.73 Å². The molecule has 9 heavy (non-hydrogen) atoms. The van der Waals surface area contributed by atoms with Gasteiger partial charge in [-0.15, -0.1) is 0 Å². The molecular weight excluding hydrogens is 116 g/mol. The molecule has 1 heterocycles. The fraction of sp³-hybridized carbons (Fsp3) is 0.167. The lowest BCUT2D eigenvalue weighted by molar-refractivity contribution is 0.277. The molecule has 0 fully saturated rings. The maximum Gasteiger partial charge on any atom is 0.0853 e. The lowest BCUT2D eigenvalue weighted by Gasteiger charge is -1.93. The minimum Gasteiger partial charge on any atom is -0.399 e. The molecular formula is C6H8N2O. The molecule has 0 unspecified atom stereocenters. The van der Waals surface area contributed by atoms with Crippen LogP contribution in [0.4, 0.5) is 5.69 Å². The Morgan fingerprint density at radius 1 is 1.67 bits per heavy atom. The monoisotopic (exact) mass is 124 g/mol. The van der Waals surface area contributed by atoms with Crippen molar-refractivity contribution >= 4 is 5.69 Å². The average Bonchev–Trinajstić information content (AvgIpc) is 1.88. The van der Waals surface area contributed by atoms with Crippen molar-refractivity contribution in [3.8, 4) is 0 Å². The first kappa shape index (κ1) is 6.04. The molecule has 48 valence electrons. The first-order valence-corrected chi connectivity index (χ1v) is 2.64. The van der Waals surface area contributed by atoms with Gasteiger partial charge in [-0.3, -0.25) is 4.98 Å². The summed E-state index contributed by atoms with van der Waals surface area (Å²) in [7, 11) is 0. The zero-order valence-electron chi connectivity index (χ0n) is 4.91. The van der Waals surface area contributed by atoms with E-state index in [0.29, 0.717) is 11.4 Å². The second kappa shape index (κ2) is 2.46. The molecule has 1 aromatic heterocycles. The summed E-state index contributed by atoms with van der Waals surface area (Å²) in [4.78, 5) is 3.83. The maximum absolute atomic E-state index is 8.54. The predicted molar refractivity (Wildman–Crippen MR) is 34.6 cm³/mol. The van der Waals surface area contributed by atoms with Gasteiger partial charge in [-0.25, -0.2) is 0 Å². The normalized spacial score (nSPS) is 9.44. The summed E-state index contributed by atoms with van der Waals surface area (Å²) in [6.07, 6.45) is 1.57. The third kappa shape index (κ3) is 1.40. The van der Waals surface area contributed by atoms with Crippen molar-refractivity contribution < 1.29 is 5.11 Å². The van der Waals surface area contributed by atoms with Crippen molar-refractivity contribution in [1.82, 2.24) is 4.98 Å². The van der Waals surface area contributed by atoms with Crippen LogP contribution in [0.5, 0.6) is 0 Å². The maximum atomic E-state index is 8.54. The first-order chi connectivity index (χ1) is 4.33. The van der Waals surface area contributed by atoms with E-state index in [1.165, 1.54) is 0 Å². The zero-order chi connectivity index (χ0) is 6.69. The van der Waals surface area contributed by atoms with E-state index in [1.807, 2.05) is 0 Å². The number of pyridine rings is 1. The number of nitrogen functional groups attached to an aromatic ring is 1. The summed E-state index contributed by atoms with van der Waals surface area (Å²) in [5, 5.41) is 8.54. The summed E-state index contributed by atoms with van der Waals surface area (Å²) < 4.78 is 0. The average molecular weight is 124 g/mol. The van der Waals surface area contributed by atoms with Crippen molar-refractivity contribution in [3.63, 3.8) is 0 Å². The summed E-state index contributed by atoms with van der Waals surface area (Å²) in [5.41, 5.74) is 6.62. The summed E-state index contributed by atoms with van der Waals surface area (Å²) in [6.45, 7) is -0.0506. The molecule has 0 aliphatic heterocycles. The number of hydrogen-bond acceptors (Lipinski definition) is 3. The number of nitrogens with zero attached hydrogens (tertiary/aromatic N) is 1. The lowest BCUT2D eigenvalue weighted by atomic mass is 10.3. The van der Waals surface area contributed by atoms with Gasteiger partial charge >= 0.3 is 0 Å².